The minimum atomic E-state index is -5.11. The molecule has 2 aliphatic heterocycles. The van der Waals surface area contributed by atoms with E-state index in [-0.39, 0.29) is 28.3 Å². The molecule has 4 aromatic carbocycles. The lowest BCUT2D eigenvalue weighted by Gasteiger charge is -2.35. The van der Waals surface area contributed by atoms with Crippen molar-refractivity contribution in [3.05, 3.63) is 108 Å². The molecule has 0 radical (unpaired) electrons. The van der Waals surface area contributed by atoms with Gasteiger partial charge in [0.25, 0.3) is 8.53 Å². The molecule has 342 valence electrons. The fraction of sp³-hybridized carbons (Fsp3) is 0.429. The summed E-state index contributed by atoms with van der Waals surface area (Å²) in [5.74, 6) is 0. The fourth-order valence-electron chi connectivity index (χ4n) is 9.47. The van der Waals surface area contributed by atoms with Gasteiger partial charge in [0.2, 0.25) is 5.69 Å². The van der Waals surface area contributed by atoms with Gasteiger partial charge in [0.15, 0.2) is 5.71 Å². The van der Waals surface area contributed by atoms with Crippen molar-refractivity contribution in [1.82, 2.24) is 4.67 Å². The molecular formula is C49H60N4O8PS2-. The summed E-state index contributed by atoms with van der Waals surface area (Å²) in [6, 6.07) is 20.7. The second kappa shape index (κ2) is 19.7. The molecule has 0 amide bonds. The van der Waals surface area contributed by atoms with Crippen LogP contribution < -0.4 is 4.90 Å². The Hall–Kier alpha value is -4.29. The number of likely N-dealkylation sites (N-methyl/N-ethyl adjacent to an activating group) is 1. The second-order valence-corrected chi connectivity index (χ2v) is 22.0. The van der Waals surface area contributed by atoms with E-state index >= 15 is 0 Å². The van der Waals surface area contributed by atoms with E-state index in [1.807, 2.05) is 45.1 Å². The van der Waals surface area contributed by atoms with Gasteiger partial charge in [-0.05, 0) is 119 Å². The first-order chi connectivity index (χ1) is 30.2. The summed E-state index contributed by atoms with van der Waals surface area (Å²) in [5, 5.41) is 11.8. The van der Waals surface area contributed by atoms with E-state index in [4.69, 9.17) is 14.3 Å². The lowest BCUT2D eigenvalue weighted by atomic mass is 9.79. The average Bonchev–Trinajstić information content (AvgIpc) is 3.58. The number of benzene rings is 4. The molecule has 0 fully saturated rings. The van der Waals surface area contributed by atoms with Crippen LogP contribution in [0, 0.1) is 11.3 Å². The van der Waals surface area contributed by atoms with Crippen LogP contribution >= 0.6 is 8.53 Å². The first-order valence-electron chi connectivity index (χ1n) is 21.9. The molecule has 0 saturated carbocycles. The minimum Gasteiger partial charge on any atom is -0.744 e. The molecule has 0 spiro atoms. The first kappa shape index (κ1) is 49.2. The van der Waals surface area contributed by atoms with E-state index in [1.165, 1.54) is 39.9 Å². The van der Waals surface area contributed by atoms with Crippen molar-refractivity contribution in [2.45, 2.75) is 121 Å². The fourth-order valence-corrected chi connectivity index (χ4v) is 12.4. The maximum Gasteiger partial charge on any atom is 0.259 e. The molecule has 0 saturated heterocycles. The molecular weight excluding hydrogens is 868 g/mol. The summed E-state index contributed by atoms with van der Waals surface area (Å²) in [5.41, 5.74) is 4.83. The number of anilines is 1. The summed E-state index contributed by atoms with van der Waals surface area (Å²) in [6.07, 6.45) is 13.3. The third-order valence-corrected chi connectivity index (χ3v) is 15.9. The Bertz CT molecular complexity index is 2800. The predicted molar refractivity (Wildman–Crippen MR) is 254 cm³/mol. The molecule has 1 atom stereocenters. The zero-order valence-corrected chi connectivity index (χ0v) is 40.8. The maximum absolute atomic E-state index is 12.3. The third kappa shape index (κ3) is 9.93. The van der Waals surface area contributed by atoms with Crippen molar-refractivity contribution in [2.75, 3.05) is 31.2 Å². The minimum absolute atomic E-state index is 0.0692. The lowest BCUT2D eigenvalue weighted by molar-refractivity contribution is -0.438. The number of hydrogen-bond donors (Lipinski definition) is 0. The van der Waals surface area contributed by atoms with Gasteiger partial charge in [-0.3, -0.25) is 0 Å². The molecule has 1 unspecified atom stereocenters. The number of fused-ring (bicyclic) bond motifs is 6. The molecule has 0 aliphatic carbocycles. The smallest absolute Gasteiger partial charge is 0.259 e. The summed E-state index contributed by atoms with van der Waals surface area (Å²) in [7, 11) is -11.5. The van der Waals surface area contributed by atoms with Gasteiger partial charge in [-0.25, -0.2) is 21.5 Å². The van der Waals surface area contributed by atoms with Crippen molar-refractivity contribution in [3.63, 3.8) is 0 Å². The Morgan fingerprint density at radius 1 is 0.812 bits per heavy atom. The molecule has 2 aliphatic rings. The van der Waals surface area contributed by atoms with Crippen molar-refractivity contribution >= 4 is 67.4 Å². The SMILES string of the molecule is CCN1C(=CC=CC=CC2=[N+](CCCCCOP(OCCC#N)N(C(C)C)C(C)C)c3ccc4ccccc4c3C2(C)C)C(C)(C)c2c1ccc1c(S(=O)(=O)[O-])cc(S(=O)(=O)[O-])cc21. The Kier molecular flexibility index (Phi) is 15.1. The van der Waals surface area contributed by atoms with Crippen LogP contribution in [-0.4, -0.2) is 79.3 Å². The zero-order chi connectivity index (χ0) is 46.8. The molecule has 0 N–H and O–H groups in total. The number of hydrogen-bond acceptors (Lipinski definition) is 11. The molecule has 4 aromatic rings. The number of nitriles is 1. The van der Waals surface area contributed by atoms with Crippen LogP contribution in [0.2, 0.25) is 0 Å². The van der Waals surface area contributed by atoms with Crippen LogP contribution in [0.3, 0.4) is 0 Å². The zero-order valence-electron chi connectivity index (χ0n) is 38.3. The van der Waals surface area contributed by atoms with Gasteiger partial charge in [-0.1, -0.05) is 62.4 Å². The Balaban J connectivity index is 1.27. The van der Waals surface area contributed by atoms with Crippen LogP contribution in [0.4, 0.5) is 11.4 Å². The molecule has 2 heterocycles. The standard InChI is InChI=1S/C49H61N4O8PS2/c1-10-51-41-27-25-39-40(32-37(63(54,55)56)33-43(39)64(57,58)59)47(41)48(6,7)44(51)22-13-11-14-23-45-49(8,9)46-38-21-16-15-20-36(38)24-26-42(46)52(45)29-17-12-18-30-60-62(61-31-19-28-50)53(34(2)3)35(4)5/h11,13-16,20-27,32-35H,10,12,17-19,29-31H2,1-9H3,(H-,54,55,56,57,58,59)/p-1. The largest absolute Gasteiger partial charge is 0.744 e. The van der Waals surface area contributed by atoms with Crippen molar-refractivity contribution in [2.24, 2.45) is 0 Å². The van der Waals surface area contributed by atoms with Gasteiger partial charge < -0.3 is 23.1 Å². The topological polar surface area (TPSA) is 166 Å². The van der Waals surface area contributed by atoms with Crippen molar-refractivity contribution in [1.29, 1.82) is 5.26 Å². The van der Waals surface area contributed by atoms with E-state index < -0.39 is 44.0 Å². The summed E-state index contributed by atoms with van der Waals surface area (Å²) >= 11 is 0. The van der Waals surface area contributed by atoms with E-state index in [9.17, 15) is 25.9 Å². The van der Waals surface area contributed by atoms with Gasteiger partial charge in [-0.2, -0.15) is 9.84 Å². The highest BCUT2D eigenvalue weighted by molar-refractivity contribution is 7.86. The van der Waals surface area contributed by atoms with Crippen LogP contribution in [0.1, 0.15) is 99.1 Å². The normalized spacial score (nSPS) is 17.3. The third-order valence-electron chi connectivity index (χ3n) is 12.1. The monoisotopic (exact) mass is 927 g/mol. The molecule has 12 nitrogen and oxygen atoms in total. The van der Waals surface area contributed by atoms with Crippen molar-refractivity contribution < 1.29 is 39.6 Å². The summed E-state index contributed by atoms with van der Waals surface area (Å²) in [6.45, 7) is 21.3. The van der Waals surface area contributed by atoms with Crippen LogP contribution in [0.15, 0.2) is 107 Å². The van der Waals surface area contributed by atoms with E-state index in [0.29, 0.717) is 37.8 Å². The Morgan fingerprint density at radius 3 is 2.17 bits per heavy atom. The second-order valence-electron chi connectivity index (χ2n) is 17.8. The summed E-state index contributed by atoms with van der Waals surface area (Å²) < 4.78 is 90.7. The quantitative estimate of drug-likeness (QED) is 0.0289. The number of rotatable bonds is 19. The van der Waals surface area contributed by atoms with Crippen LogP contribution in [-0.2, 0) is 40.1 Å². The van der Waals surface area contributed by atoms with E-state index in [2.05, 4.69) is 104 Å². The van der Waals surface area contributed by atoms with E-state index in [0.717, 1.165) is 37.2 Å². The number of unbranched alkanes of at least 4 members (excludes halogenated alkanes) is 2. The van der Waals surface area contributed by atoms with E-state index in [1.54, 1.807) is 6.07 Å². The predicted octanol–water partition coefficient (Wildman–Crippen LogP) is 10.5. The van der Waals surface area contributed by atoms with Crippen molar-refractivity contribution in [3.8, 4) is 6.07 Å². The number of nitrogens with zero attached hydrogens (tertiary/aromatic N) is 4. The van der Waals surface area contributed by atoms with Crippen LogP contribution in [0.25, 0.3) is 21.5 Å². The van der Waals surface area contributed by atoms with Gasteiger partial charge in [0, 0.05) is 59.6 Å². The maximum atomic E-state index is 12.3. The van der Waals surface area contributed by atoms with Gasteiger partial charge in [-0.15, -0.1) is 0 Å². The highest BCUT2D eigenvalue weighted by Gasteiger charge is 2.45. The lowest BCUT2D eigenvalue weighted by Crippen LogP contribution is -2.33. The molecule has 6 rings (SSSR count). The molecule has 0 bridgehead atoms. The van der Waals surface area contributed by atoms with Crippen LogP contribution in [0.5, 0.6) is 0 Å². The first-order valence-corrected chi connectivity index (χ1v) is 25.8. The van der Waals surface area contributed by atoms with Gasteiger partial charge in [0.1, 0.15) is 26.8 Å². The Labute approximate surface area is 381 Å². The average molecular weight is 928 g/mol. The summed E-state index contributed by atoms with van der Waals surface area (Å²) in [4.78, 5) is 0.569. The highest BCUT2D eigenvalue weighted by Crippen LogP contribution is 2.52. The molecule has 64 heavy (non-hydrogen) atoms. The van der Waals surface area contributed by atoms with Gasteiger partial charge in [0.05, 0.1) is 40.9 Å². The molecule has 15 heteroatoms. The van der Waals surface area contributed by atoms with Gasteiger partial charge >= 0.3 is 0 Å². The molecule has 0 aromatic heterocycles. The number of allylic oxidation sites excluding steroid dienone is 6. The Morgan fingerprint density at radius 2 is 1.52 bits per heavy atom. The highest BCUT2D eigenvalue weighted by atomic mass is 32.2.